The van der Waals surface area contributed by atoms with Crippen molar-refractivity contribution in [3.05, 3.63) is 83.3 Å². The van der Waals surface area contributed by atoms with Gasteiger partial charge in [-0.25, -0.2) is 4.39 Å². The fraction of sp³-hybridized carbons (Fsp3) is 0.276. The van der Waals surface area contributed by atoms with E-state index in [1.54, 1.807) is 36.5 Å². The number of nitrogens with one attached hydrogen (secondary N) is 2. The summed E-state index contributed by atoms with van der Waals surface area (Å²) in [5, 5.41) is 6.76. The maximum atomic E-state index is 13.3. The number of hydrogen-bond donors (Lipinski definition) is 2. The second-order valence-corrected chi connectivity index (χ2v) is 10.0. The summed E-state index contributed by atoms with van der Waals surface area (Å²) in [5.41, 5.74) is 3.52. The summed E-state index contributed by atoms with van der Waals surface area (Å²) in [6.07, 6.45) is 8.62. The summed E-state index contributed by atoms with van der Waals surface area (Å²) >= 11 is 6.51. The molecule has 2 aromatic carbocycles. The Morgan fingerprint density at radius 1 is 1.08 bits per heavy atom. The van der Waals surface area contributed by atoms with Gasteiger partial charge in [0.05, 0.1) is 10.7 Å². The van der Waals surface area contributed by atoms with Crippen LogP contribution in [0.15, 0.2) is 66.9 Å². The molecule has 3 heterocycles. The van der Waals surface area contributed by atoms with Crippen LogP contribution in [0.2, 0.25) is 5.02 Å². The molecule has 5 rings (SSSR count). The molecule has 0 aliphatic carbocycles. The molecule has 2 N–H and O–H groups in total. The molecule has 8 heteroatoms. The summed E-state index contributed by atoms with van der Waals surface area (Å²) in [5.74, 6) is -0.528. The SMILES string of the molecule is CC(=O)Nc1cc(Cl)c(-c2ccccn2)cc1/C=C/C(=O)N1[C@@H]2CC[C@H]1C[C@H](Nc1ccc(F)cc1)C2. The molecule has 3 aromatic rings. The van der Waals surface area contributed by atoms with Gasteiger partial charge in [0.15, 0.2) is 0 Å². The van der Waals surface area contributed by atoms with Crippen molar-refractivity contribution in [1.29, 1.82) is 0 Å². The minimum absolute atomic E-state index is 0.0455. The van der Waals surface area contributed by atoms with E-state index < -0.39 is 0 Å². The van der Waals surface area contributed by atoms with Gasteiger partial charge in [0.25, 0.3) is 0 Å². The molecule has 3 atom stereocenters. The Bertz CT molecular complexity index is 1320. The largest absolute Gasteiger partial charge is 0.382 e. The lowest BCUT2D eigenvalue weighted by atomic mass is 9.96. The first-order valence-corrected chi connectivity index (χ1v) is 12.8. The van der Waals surface area contributed by atoms with Gasteiger partial charge in [-0.2, -0.15) is 0 Å². The van der Waals surface area contributed by atoms with Gasteiger partial charge in [-0.3, -0.25) is 14.6 Å². The fourth-order valence-corrected chi connectivity index (χ4v) is 5.69. The van der Waals surface area contributed by atoms with Gasteiger partial charge in [-0.15, -0.1) is 0 Å². The zero-order valence-electron chi connectivity index (χ0n) is 20.5. The average Bonchev–Trinajstić information content (AvgIpc) is 3.15. The van der Waals surface area contributed by atoms with Crippen LogP contribution in [0.4, 0.5) is 15.8 Å². The van der Waals surface area contributed by atoms with E-state index in [4.69, 9.17) is 11.6 Å². The lowest BCUT2D eigenvalue weighted by Crippen LogP contribution is -2.49. The number of rotatable bonds is 6. The highest BCUT2D eigenvalue weighted by Gasteiger charge is 2.42. The van der Waals surface area contributed by atoms with Crippen molar-refractivity contribution < 1.29 is 14.0 Å². The minimum atomic E-state index is -0.257. The molecule has 2 amide bonds. The highest BCUT2D eigenvalue weighted by molar-refractivity contribution is 6.33. The fourth-order valence-electron chi connectivity index (χ4n) is 5.43. The molecule has 2 fully saturated rings. The Hall–Kier alpha value is -3.71. The molecule has 2 aliphatic heterocycles. The maximum Gasteiger partial charge on any atom is 0.247 e. The number of aromatic nitrogens is 1. The lowest BCUT2D eigenvalue weighted by Gasteiger charge is -2.39. The standard InChI is InChI=1S/C29H28ClFN4O2/c1-18(36)33-28-17-26(30)25(27-4-2-3-13-32-27)14-19(28)5-12-29(37)35-23-10-11-24(35)16-22(15-23)34-21-8-6-20(31)7-9-21/h2-9,12-14,17,22-24,34H,10-11,15-16H2,1H3,(H,33,36)/b12-5+/t22-,23-,24+. The van der Waals surface area contributed by atoms with Gasteiger partial charge in [0, 0.05) is 54.3 Å². The number of fused-ring (bicyclic) bond motifs is 2. The van der Waals surface area contributed by atoms with Gasteiger partial charge in [0.1, 0.15) is 5.82 Å². The molecule has 0 unspecified atom stereocenters. The molecule has 190 valence electrons. The molecule has 0 radical (unpaired) electrons. The number of halogens is 2. The molecular weight excluding hydrogens is 491 g/mol. The Labute approximate surface area is 220 Å². The predicted molar refractivity (Wildman–Crippen MR) is 145 cm³/mol. The number of anilines is 2. The highest BCUT2D eigenvalue weighted by atomic mass is 35.5. The van der Waals surface area contributed by atoms with E-state index in [1.165, 1.54) is 19.1 Å². The molecular formula is C29H28ClFN4O2. The van der Waals surface area contributed by atoms with Crippen molar-refractivity contribution >= 4 is 40.9 Å². The lowest BCUT2D eigenvalue weighted by molar-refractivity contribution is -0.130. The van der Waals surface area contributed by atoms with Crippen molar-refractivity contribution in [2.24, 2.45) is 0 Å². The van der Waals surface area contributed by atoms with Crippen LogP contribution in [0, 0.1) is 5.82 Å². The topological polar surface area (TPSA) is 74.3 Å². The third-order valence-electron chi connectivity index (χ3n) is 7.00. The van der Waals surface area contributed by atoms with E-state index in [0.29, 0.717) is 22.0 Å². The van der Waals surface area contributed by atoms with Crippen LogP contribution in [0.1, 0.15) is 38.2 Å². The minimum Gasteiger partial charge on any atom is -0.382 e. The number of carbonyl (C=O) groups excluding carboxylic acids is 2. The van der Waals surface area contributed by atoms with Crippen molar-refractivity contribution in [3.63, 3.8) is 0 Å². The van der Waals surface area contributed by atoms with Crippen LogP contribution in [0.5, 0.6) is 0 Å². The number of pyridine rings is 1. The van der Waals surface area contributed by atoms with E-state index in [0.717, 1.165) is 36.9 Å². The molecule has 0 saturated carbocycles. The molecule has 1 aromatic heterocycles. The first-order chi connectivity index (χ1) is 17.9. The monoisotopic (exact) mass is 518 g/mol. The predicted octanol–water partition coefficient (Wildman–Crippen LogP) is 6.15. The average molecular weight is 519 g/mol. The van der Waals surface area contributed by atoms with Crippen LogP contribution >= 0.6 is 11.6 Å². The molecule has 2 bridgehead atoms. The van der Waals surface area contributed by atoms with Crippen LogP contribution in [0.25, 0.3) is 17.3 Å². The van der Waals surface area contributed by atoms with E-state index >= 15 is 0 Å². The van der Waals surface area contributed by atoms with Crippen molar-refractivity contribution in [3.8, 4) is 11.3 Å². The summed E-state index contributed by atoms with van der Waals surface area (Å²) in [6.45, 7) is 1.43. The van der Waals surface area contributed by atoms with Gasteiger partial charge < -0.3 is 15.5 Å². The van der Waals surface area contributed by atoms with E-state index in [2.05, 4.69) is 15.6 Å². The van der Waals surface area contributed by atoms with E-state index in [1.807, 2.05) is 29.2 Å². The smallest absolute Gasteiger partial charge is 0.247 e. The molecule has 6 nitrogen and oxygen atoms in total. The van der Waals surface area contributed by atoms with Crippen LogP contribution in [-0.4, -0.2) is 39.8 Å². The summed E-state index contributed by atoms with van der Waals surface area (Å²) in [6, 6.07) is 16.0. The zero-order chi connectivity index (χ0) is 25.9. The Balaban J connectivity index is 1.34. The van der Waals surface area contributed by atoms with Crippen LogP contribution in [0.3, 0.4) is 0 Å². The number of carbonyl (C=O) groups is 2. The Morgan fingerprint density at radius 3 is 2.46 bits per heavy atom. The van der Waals surface area contributed by atoms with Crippen molar-refractivity contribution in [2.45, 2.75) is 50.7 Å². The quantitative estimate of drug-likeness (QED) is 0.384. The second kappa shape index (κ2) is 10.7. The first kappa shape index (κ1) is 25.0. The Morgan fingerprint density at radius 2 is 1.81 bits per heavy atom. The number of hydrogen-bond acceptors (Lipinski definition) is 4. The normalized spacial score (nSPS) is 20.7. The van der Waals surface area contributed by atoms with Crippen LogP contribution < -0.4 is 10.6 Å². The molecule has 0 spiro atoms. The van der Waals surface area contributed by atoms with E-state index in [-0.39, 0.29) is 35.8 Å². The van der Waals surface area contributed by atoms with Crippen molar-refractivity contribution in [1.82, 2.24) is 9.88 Å². The summed E-state index contributed by atoms with van der Waals surface area (Å²) in [4.78, 5) is 31.5. The number of nitrogens with zero attached hydrogens (tertiary/aromatic N) is 2. The molecule has 37 heavy (non-hydrogen) atoms. The maximum absolute atomic E-state index is 13.3. The summed E-state index contributed by atoms with van der Waals surface area (Å²) < 4.78 is 13.2. The first-order valence-electron chi connectivity index (χ1n) is 12.4. The van der Waals surface area contributed by atoms with Crippen molar-refractivity contribution in [2.75, 3.05) is 10.6 Å². The number of amides is 2. The van der Waals surface area contributed by atoms with Crippen LogP contribution in [-0.2, 0) is 9.59 Å². The number of benzene rings is 2. The molecule has 2 aliphatic rings. The van der Waals surface area contributed by atoms with E-state index in [9.17, 15) is 14.0 Å². The van der Waals surface area contributed by atoms with Gasteiger partial charge in [-0.1, -0.05) is 17.7 Å². The number of piperidine rings is 1. The van der Waals surface area contributed by atoms with Gasteiger partial charge in [0.2, 0.25) is 11.8 Å². The molecule has 2 saturated heterocycles. The van der Waals surface area contributed by atoms with Gasteiger partial charge in [-0.05, 0) is 85.9 Å². The third kappa shape index (κ3) is 5.67. The second-order valence-electron chi connectivity index (χ2n) is 9.60. The Kier molecular flexibility index (Phi) is 7.24. The summed E-state index contributed by atoms with van der Waals surface area (Å²) in [7, 11) is 0. The highest BCUT2D eigenvalue weighted by Crippen LogP contribution is 2.38. The van der Waals surface area contributed by atoms with Gasteiger partial charge >= 0.3 is 0 Å². The zero-order valence-corrected chi connectivity index (χ0v) is 21.2. The third-order valence-corrected chi connectivity index (χ3v) is 7.31.